The van der Waals surface area contributed by atoms with Crippen LogP contribution in [0.3, 0.4) is 0 Å². The van der Waals surface area contributed by atoms with Crippen molar-refractivity contribution in [2.75, 3.05) is 61.8 Å². The predicted octanol–water partition coefficient (Wildman–Crippen LogP) is 2.03. The van der Waals surface area contributed by atoms with Gasteiger partial charge in [-0.3, -0.25) is 10.2 Å². The third-order valence-electron chi connectivity index (χ3n) is 8.96. The highest BCUT2D eigenvalue weighted by molar-refractivity contribution is 7.16. The van der Waals surface area contributed by atoms with E-state index in [1.807, 2.05) is 13.0 Å². The third kappa shape index (κ3) is 4.54. The number of rotatable bonds is 4. The van der Waals surface area contributed by atoms with Crippen LogP contribution in [0.15, 0.2) is 12.1 Å². The number of hydrogen-bond acceptors (Lipinski definition) is 10. The van der Waals surface area contributed by atoms with Gasteiger partial charge in [0, 0.05) is 73.5 Å². The minimum absolute atomic E-state index is 0.00485. The van der Waals surface area contributed by atoms with Gasteiger partial charge in [-0.2, -0.15) is 5.26 Å². The van der Waals surface area contributed by atoms with E-state index in [1.54, 1.807) is 0 Å². The Balaban J connectivity index is 1.32. The Morgan fingerprint density at radius 3 is 2.69 bits per heavy atom. The summed E-state index contributed by atoms with van der Waals surface area (Å²) in [4.78, 5) is 27.0. The summed E-state index contributed by atoms with van der Waals surface area (Å²) in [6, 6.07) is 7.14. The van der Waals surface area contributed by atoms with Crippen LogP contribution in [-0.2, 0) is 16.6 Å². The number of aryl methyl sites for hydroxylation is 1. The molecule has 5 N–H and O–H groups in total. The number of thiophene rings is 1. The molecule has 3 saturated heterocycles. The van der Waals surface area contributed by atoms with Crippen molar-refractivity contribution in [3.05, 3.63) is 33.8 Å². The first kappa shape index (κ1) is 26.0. The summed E-state index contributed by atoms with van der Waals surface area (Å²) >= 11 is 1.41. The number of amides is 1. The van der Waals surface area contributed by atoms with Crippen LogP contribution in [0.2, 0.25) is 0 Å². The number of nitriles is 1. The summed E-state index contributed by atoms with van der Waals surface area (Å²) in [5, 5.41) is 25.5. The van der Waals surface area contributed by atoms with Crippen LogP contribution in [0.25, 0.3) is 0 Å². The van der Waals surface area contributed by atoms with Gasteiger partial charge in [0.15, 0.2) is 5.84 Å². The fraction of sp³-hybridized carbons (Fsp3) is 0.571. The minimum Gasteiger partial charge on any atom is -0.389 e. The Morgan fingerprint density at radius 1 is 1.28 bits per heavy atom. The Bertz CT molecular complexity index is 1330. The largest absolute Gasteiger partial charge is 0.389 e. The number of amidine groups is 1. The SMILES string of the molecule is CN1CC2CCC(C1)N2c1cc(N2CCNCC2)cc(C(=N)NC(=O)C2(C)CCCc3sc(N)c(C#N)c32)n1. The number of nitrogens with one attached hydrogen (secondary N) is 3. The highest BCUT2D eigenvalue weighted by Gasteiger charge is 2.44. The molecule has 2 aromatic heterocycles. The maximum atomic E-state index is 13.8. The smallest absolute Gasteiger partial charge is 0.236 e. The van der Waals surface area contributed by atoms with Crippen LogP contribution >= 0.6 is 11.3 Å². The fourth-order valence-electron chi connectivity index (χ4n) is 6.99. The number of carbonyl (C=O) groups is 1. The second-order valence-corrected chi connectivity index (χ2v) is 12.7. The van der Waals surface area contributed by atoms with E-state index in [-0.39, 0.29) is 11.7 Å². The van der Waals surface area contributed by atoms with Gasteiger partial charge in [0.1, 0.15) is 22.6 Å². The van der Waals surface area contributed by atoms with Gasteiger partial charge in [0.2, 0.25) is 5.91 Å². The van der Waals surface area contributed by atoms with Gasteiger partial charge in [0.25, 0.3) is 0 Å². The van der Waals surface area contributed by atoms with Crippen molar-refractivity contribution in [3.63, 3.8) is 0 Å². The summed E-state index contributed by atoms with van der Waals surface area (Å²) in [7, 11) is 2.18. The Hall–Kier alpha value is -3.20. The standard InChI is InChI=1S/C28H37N9OS/c1-28(7-3-4-22-24(28)20(14-29)26(31)39-22)27(38)34-25(30)21-12-19(36-10-8-32-9-11-36)13-23(33-21)37-17-5-6-18(37)16-35(2)15-17/h12-13,17-18,32H,3-11,15-16,31H2,1-2H3,(H2,30,34,38). The lowest BCUT2D eigenvalue weighted by Crippen LogP contribution is -2.53. The predicted molar refractivity (Wildman–Crippen MR) is 155 cm³/mol. The molecule has 2 aromatic rings. The van der Waals surface area contributed by atoms with Crippen molar-refractivity contribution in [2.24, 2.45) is 0 Å². The maximum Gasteiger partial charge on any atom is 0.236 e. The van der Waals surface area contributed by atoms with Crippen molar-refractivity contribution in [1.82, 2.24) is 20.5 Å². The molecule has 3 aliphatic heterocycles. The number of likely N-dealkylation sites (N-methyl/N-ethyl adjacent to an activating group) is 1. The molecule has 5 heterocycles. The molecular formula is C28H37N9OS. The number of carbonyl (C=O) groups excluding carboxylic acids is 1. The zero-order chi connectivity index (χ0) is 27.3. The molecule has 2 bridgehead atoms. The molecule has 1 amide bonds. The molecule has 3 fully saturated rings. The first-order chi connectivity index (χ1) is 18.8. The zero-order valence-electron chi connectivity index (χ0n) is 22.7. The molecular weight excluding hydrogens is 510 g/mol. The average Bonchev–Trinajstić information content (AvgIpc) is 3.42. The molecule has 206 valence electrons. The normalized spacial score (nSPS) is 26.7. The number of anilines is 3. The Morgan fingerprint density at radius 2 is 2.00 bits per heavy atom. The van der Waals surface area contributed by atoms with E-state index in [4.69, 9.17) is 16.1 Å². The van der Waals surface area contributed by atoms with Crippen molar-refractivity contribution < 1.29 is 4.79 Å². The van der Waals surface area contributed by atoms with E-state index in [0.717, 1.165) is 86.9 Å². The van der Waals surface area contributed by atoms with Crippen LogP contribution in [-0.4, -0.2) is 80.0 Å². The number of pyridine rings is 1. The highest BCUT2D eigenvalue weighted by atomic mass is 32.1. The van der Waals surface area contributed by atoms with Crippen molar-refractivity contribution >= 4 is 39.6 Å². The topological polar surface area (TPSA) is 137 Å². The lowest BCUT2D eigenvalue weighted by atomic mass is 9.72. The van der Waals surface area contributed by atoms with Crippen molar-refractivity contribution in [3.8, 4) is 6.07 Å². The number of nitrogens with two attached hydrogens (primary N) is 1. The summed E-state index contributed by atoms with van der Waals surface area (Å²) < 4.78 is 0. The third-order valence-corrected chi connectivity index (χ3v) is 10.0. The van der Waals surface area contributed by atoms with Crippen LogP contribution in [0, 0.1) is 16.7 Å². The number of hydrogen-bond donors (Lipinski definition) is 4. The van der Waals surface area contributed by atoms with Gasteiger partial charge in [-0.05, 0) is 52.1 Å². The van der Waals surface area contributed by atoms with E-state index in [1.165, 1.54) is 11.3 Å². The second kappa shape index (κ2) is 10.1. The lowest BCUT2D eigenvalue weighted by molar-refractivity contribution is -0.125. The number of nitrogens with zero attached hydrogens (tertiary/aromatic N) is 5. The van der Waals surface area contributed by atoms with Crippen LogP contribution in [0.4, 0.5) is 16.5 Å². The number of nitrogen functional groups attached to an aromatic ring is 1. The molecule has 11 heteroatoms. The van der Waals surface area contributed by atoms with Gasteiger partial charge < -0.3 is 31.1 Å². The average molecular weight is 548 g/mol. The summed E-state index contributed by atoms with van der Waals surface area (Å²) in [5.74, 6) is 0.609. The number of piperazine rings is 2. The molecule has 0 spiro atoms. The molecule has 1 aliphatic carbocycles. The van der Waals surface area contributed by atoms with Gasteiger partial charge in [-0.15, -0.1) is 11.3 Å². The molecule has 0 aromatic carbocycles. The maximum absolute atomic E-state index is 13.8. The molecule has 3 unspecified atom stereocenters. The first-order valence-corrected chi connectivity index (χ1v) is 14.8. The van der Waals surface area contributed by atoms with E-state index in [0.29, 0.717) is 34.8 Å². The van der Waals surface area contributed by atoms with E-state index in [9.17, 15) is 10.1 Å². The molecule has 6 rings (SSSR count). The number of aromatic nitrogens is 1. The van der Waals surface area contributed by atoms with Crippen LogP contribution in [0.5, 0.6) is 0 Å². The molecule has 10 nitrogen and oxygen atoms in total. The highest BCUT2D eigenvalue weighted by Crippen LogP contribution is 2.45. The summed E-state index contributed by atoms with van der Waals surface area (Å²) in [6.45, 7) is 7.47. The van der Waals surface area contributed by atoms with Gasteiger partial charge in [-0.1, -0.05) is 0 Å². The van der Waals surface area contributed by atoms with Gasteiger partial charge >= 0.3 is 0 Å². The molecule has 4 aliphatic rings. The molecule has 0 radical (unpaired) electrons. The monoisotopic (exact) mass is 547 g/mol. The Kier molecular flexibility index (Phi) is 6.73. The van der Waals surface area contributed by atoms with E-state index >= 15 is 0 Å². The second-order valence-electron chi connectivity index (χ2n) is 11.6. The minimum atomic E-state index is -0.922. The lowest BCUT2D eigenvalue weighted by Gasteiger charge is -2.41. The number of likely N-dealkylation sites (tertiary alicyclic amines) is 1. The Labute approximate surface area is 233 Å². The summed E-state index contributed by atoms with van der Waals surface area (Å²) in [6.07, 6.45) is 4.54. The van der Waals surface area contributed by atoms with Crippen molar-refractivity contribution in [1.29, 1.82) is 10.7 Å². The van der Waals surface area contributed by atoms with Gasteiger partial charge in [0.05, 0.1) is 11.0 Å². The molecule has 39 heavy (non-hydrogen) atoms. The first-order valence-electron chi connectivity index (χ1n) is 13.9. The molecule has 3 atom stereocenters. The van der Waals surface area contributed by atoms with Crippen LogP contribution in [0.1, 0.15) is 54.3 Å². The zero-order valence-corrected chi connectivity index (χ0v) is 23.5. The molecule has 0 saturated carbocycles. The van der Waals surface area contributed by atoms with Crippen molar-refractivity contribution in [2.45, 2.75) is 56.5 Å². The van der Waals surface area contributed by atoms with Crippen LogP contribution < -0.4 is 26.2 Å². The number of fused-ring (bicyclic) bond motifs is 3. The van der Waals surface area contributed by atoms with E-state index < -0.39 is 5.41 Å². The van der Waals surface area contributed by atoms with Gasteiger partial charge in [-0.25, -0.2) is 4.98 Å². The quantitative estimate of drug-likeness (QED) is 0.337. The van der Waals surface area contributed by atoms with E-state index in [2.05, 4.69) is 44.5 Å². The summed E-state index contributed by atoms with van der Waals surface area (Å²) in [5.41, 5.74) is 7.88. The fourth-order valence-corrected chi connectivity index (χ4v) is 8.18.